The number of nitrogens with zero attached hydrogens (tertiary/aromatic N) is 1. The zero-order chi connectivity index (χ0) is 14.2. The van der Waals surface area contributed by atoms with E-state index in [1.54, 1.807) is 0 Å². The van der Waals surface area contributed by atoms with E-state index in [2.05, 4.69) is 11.9 Å². The summed E-state index contributed by atoms with van der Waals surface area (Å²) in [6.07, 6.45) is 2.32. The van der Waals surface area contributed by atoms with Crippen LogP contribution in [0.4, 0.5) is 0 Å². The molecular formula is C16H21NO3. The third kappa shape index (κ3) is 2.40. The Kier molecular flexibility index (Phi) is 3.42. The van der Waals surface area contributed by atoms with E-state index in [4.69, 9.17) is 9.47 Å². The van der Waals surface area contributed by atoms with Gasteiger partial charge >= 0.3 is 0 Å². The summed E-state index contributed by atoms with van der Waals surface area (Å²) in [4.78, 5) is 14.7. The molecule has 0 saturated carbocycles. The Bertz CT molecular complexity index is 518. The number of rotatable bonds is 2. The van der Waals surface area contributed by atoms with Crippen molar-refractivity contribution in [1.82, 2.24) is 4.90 Å². The van der Waals surface area contributed by atoms with Gasteiger partial charge in [0.25, 0.3) is 0 Å². The maximum atomic E-state index is 12.4. The van der Waals surface area contributed by atoms with Gasteiger partial charge in [-0.3, -0.25) is 4.79 Å². The van der Waals surface area contributed by atoms with E-state index in [9.17, 15) is 4.79 Å². The fourth-order valence-corrected chi connectivity index (χ4v) is 3.04. The summed E-state index contributed by atoms with van der Waals surface area (Å²) in [6.45, 7) is 4.52. The van der Waals surface area contributed by atoms with Crippen LogP contribution >= 0.6 is 0 Å². The van der Waals surface area contributed by atoms with Crippen molar-refractivity contribution in [2.24, 2.45) is 0 Å². The number of carbonyl (C=O) groups is 1. The van der Waals surface area contributed by atoms with Crippen LogP contribution in [0.1, 0.15) is 36.5 Å². The third-order valence-electron chi connectivity index (χ3n) is 4.27. The predicted molar refractivity (Wildman–Crippen MR) is 76.6 cm³/mol. The second-order valence-corrected chi connectivity index (χ2v) is 5.78. The number of piperidine rings is 1. The van der Waals surface area contributed by atoms with Crippen LogP contribution in [-0.2, 0) is 0 Å². The molecule has 0 unspecified atom stereocenters. The van der Waals surface area contributed by atoms with Crippen LogP contribution in [0.3, 0.4) is 0 Å². The maximum Gasteiger partial charge on any atom is 0.170 e. The number of ketones is 1. The molecule has 1 aromatic rings. The van der Waals surface area contributed by atoms with Crippen molar-refractivity contribution >= 4 is 5.78 Å². The number of hydrogen-bond donors (Lipinski definition) is 0. The molecule has 0 aliphatic carbocycles. The average Bonchev–Trinajstić information content (AvgIpc) is 2.42. The van der Waals surface area contributed by atoms with Gasteiger partial charge in [-0.2, -0.15) is 0 Å². The predicted octanol–water partition coefficient (Wildman–Crippen LogP) is 2.51. The minimum Gasteiger partial charge on any atom is -0.494 e. The number of Topliss-reactive ketones (excluding diaryl/α,β-unsaturated/α-hetero) is 1. The zero-order valence-corrected chi connectivity index (χ0v) is 12.1. The molecule has 3 rings (SSSR count). The molecule has 0 radical (unpaired) electrons. The molecule has 0 amide bonds. The second-order valence-electron chi connectivity index (χ2n) is 5.78. The molecule has 1 fully saturated rings. The lowest BCUT2D eigenvalue weighted by Crippen LogP contribution is -2.50. The van der Waals surface area contributed by atoms with Gasteiger partial charge in [-0.05, 0) is 26.1 Å². The van der Waals surface area contributed by atoms with E-state index in [1.165, 1.54) is 0 Å². The third-order valence-corrected chi connectivity index (χ3v) is 4.27. The highest BCUT2D eigenvalue weighted by Crippen LogP contribution is 2.40. The summed E-state index contributed by atoms with van der Waals surface area (Å²) >= 11 is 0. The van der Waals surface area contributed by atoms with Crippen molar-refractivity contribution in [2.75, 3.05) is 26.7 Å². The van der Waals surface area contributed by atoms with Crippen molar-refractivity contribution in [2.45, 2.75) is 31.8 Å². The van der Waals surface area contributed by atoms with Gasteiger partial charge < -0.3 is 14.4 Å². The zero-order valence-electron chi connectivity index (χ0n) is 12.1. The lowest BCUT2D eigenvalue weighted by Gasteiger charge is -2.43. The molecule has 0 aromatic heterocycles. The maximum absolute atomic E-state index is 12.4. The molecule has 1 saturated heterocycles. The first-order chi connectivity index (χ1) is 9.62. The largest absolute Gasteiger partial charge is 0.494 e. The number of benzene rings is 1. The number of fused-ring (bicyclic) bond motifs is 1. The monoisotopic (exact) mass is 275 g/mol. The first-order valence-electron chi connectivity index (χ1n) is 7.29. The molecule has 4 heteroatoms. The lowest BCUT2D eigenvalue weighted by atomic mass is 9.82. The Morgan fingerprint density at radius 3 is 2.80 bits per heavy atom. The van der Waals surface area contributed by atoms with Crippen LogP contribution in [-0.4, -0.2) is 43.0 Å². The summed E-state index contributed by atoms with van der Waals surface area (Å²) in [6, 6.07) is 5.52. The lowest BCUT2D eigenvalue weighted by molar-refractivity contribution is -0.00381. The SMILES string of the molecule is CCOc1ccc2c(c1)OC1(CCN(C)CC1)CC2=O. The van der Waals surface area contributed by atoms with E-state index in [0.717, 1.165) is 31.7 Å². The Morgan fingerprint density at radius 1 is 1.35 bits per heavy atom. The van der Waals surface area contributed by atoms with Crippen LogP contribution < -0.4 is 9.47 Å². The Hall–Kier alpha value is -1.55. The smallest absolute Gasteiger partial charge is 0.170 e. The average molecular weight is 275 g/mol. The molecule has 1 spiro atoms. The standard InChI is InChI=1S/C16H21NO3/c1-3-19-12-4-5-13-14(18)11-16(20-15(13)10-12)6-8-17(2)9-7-16/h4-5,10H,3,6-9,11H2,1-2H3. The Labute approximate surface area is 119 Å². The van der Waals surface area contributed by atoms with Crippen molar-refractivity contribution in [3.05, 3.63) is 23.8 Å². The Morgan fingerprint density at radius 2 is 2.10 bits per heavy atom. The van der Waals surface area contributed by atoms with Crippen molar-refractivity contribution in [3.63, 3.8) is 0 Å². The normalized spacial score (nSPS) is 21.4. The second kappa shape index (κ2) is 5.09. The van der Waals surface area contributed by atoms with Gasteiger partial charge in [-0.1, -0.05) is 0 Å². The van der Waals surface area contributed by atoms with Gasteiger partial charge in [0.05, 0.1) is 18.6 Å². The van der Waals surface area contributed by atoms with Crippen LogP contribution in [0.25, 0.3) is 0 Å². The number of carbonyl (C=O) groups excluding carboxylic acids is 1. The summed E-state index contributed by atoms with van der Waals surface area (Å²) in [5.41, 5.74) is 0.388. The van der Waals surface area contributed by atoms with E-state index in [1.807, 2.05) is 25.1 Å². The van der Waals surface area contributed by atoms with Crippen LogP contribution in [0.2, 0.25) is 0 Å². The first-order valence-corrected chi connectivity index (χ1v) is 7.29. The molecule has 0 bridgehead atoms. The minimum absolute atomic E-state index is 0.193. The summed E-state index contributed by atoms with van der Waals surface area (Å²) in [5, 5.41) is 0. The molecule has 108 valence electrons. The van der Waals surface area contributed by atoms with Gasteiger partial charge in [0.15, 0.2) is 5.78 Å². The topological polar surface area (TPSA) is 38.8 Å². The Balaban J connectivity index is 1.88. The molecule has 0 N–H and O–H groups in total. The molecule has 0 atom stereocenters. The number of likely N-dealkylation sites (tertiary alicyclic amines) is 1. The number of ether oxygens (including phenoxy) is 2. The minimum atomic E-state index is -0.304. The highest BCUT2D eigenvalue weighted by molar-refractivity contribution is 6.00. The van der Waals surface area contributed by atoms with Crippen LogP contribution in [0.15, 0.2) is 18.2 Å². The van der Waals surface area contributed by atoms with Gasteiger partial charge in [-0.15, -0.1) is 0 Å². The van der Waals surface area contributed by atoms with E-state index in [-0.39, 0.29) is 11.4 Å². The molecule has 2 aliphatic rings. The van der Waals surface area contributed by atoms with Crippen LogP contribution in [0, 0.1) is 0 Å². The van der Waals surface area contributed by atoms with Gasteiger partial charge in [0.2, 0.25) is 0 Å². The fraction of sp³-hybridized carbons (Fsp3) is 0.562. The molecule has 1 aromatic carbocycles. The number of hydrogen-bond acceptors (Lipinski definition) is 4. The molecule has 2 heterocycles. The van der Waals surface area contributed by atoms with E-state index < -0.39 is 0 Å². The summed E-state index contributed by atoms with van der Waals surface area (Å²) in [5.74, 6) is 1.65. The fourth-order valence-electron chi connectivity index (χ4n) is 3.04. The van der Waals surface area contributed by atoms with Crippen molar-refractivity contribution in [3.8, 4) is 11.5 Å². The van der Waals surface area contributed by atoms with E-state index in [0.29, 0.717) is 24.3 Å². The van der Waals surface area contributed by atoms with Crippen LogP contribution in [0.5, 0.6) is 11.5 Å². The van der Waals surface area contributed by atoms with Gasteiger partial charge in [0.1, 0.15) is 17.1 Å². The molecule has 4 nitrogen and oxygen atoms in total. The summed E-state index contributed by atoms with van der Waals surface area (Å²) in [7, 11) is 2.11. The van der Waals surface area contributed by atoms with Crippen molar-refractivity contribution in [1.29, 1.82) is 0 Å². The molecule has 2 aliphatic heterocycles. The van der Waals surface area contributed by atoms with Crippen molar-refractivity contribution < 1.29 is 14.3 Å². The first kappa shape index (κ1) is 13.4. The highest BCUT2D eigenvalue weighted by Gasteiger charge is 2.42. The quantitative estimate of drug-likeness (QED) is 0.831. The highest BCUT2D eigenvalue weighted by atomic mass is 16.5. The van der Waals surface area contributed by atoms with Gasteiger partial charge in [0, 0.05) is 32.0 Å². The summed E-state index contributed by atoms with van der Waals surface area (Å²) < 4.78 is 11.7. The molecule has 20 heavy (non-hydrogen) atoms. The molecular weight excluding hydrogens is 254 g/mol. The van der Waals surface area contributed by atoms with E-state index >= 15 is 0 Å². The van der Waals surface area contributed by atoms with Gasteiger partial charge in [-0.25, -0.2) is 0 Å².